The highest BCUT2D eigenvalue weighted by Crippen LogP contribution is 2.18. The van der Waals surface area contributed by atoms with Gasteiger partial charge in [-0.05, 0) is 18.6 Å². The Labute approximate surface area is 74.6 Å². The zero-order chi connectivity index (χ0) is 9.26. The van der Waals surface area contributed by atoms with E-state index in [0.717, 1.165) is 5.56 Å². The van der Waals surface area contributed by atoms with Crippen LogP contribution in [0, 0.1) is 12.7 Å². The highest BCUT2D eigenvalue weighted by atomic mass is 19.1. The summed E-state index contributed by atoms with van der Waals surface area (Å²) >= 11 is 0. The molecule has 4 heteroatoms. The quantitative estimate of drug-likeness (QED) is 0.723. The number of aromatic amines is 1. The zero-order valence-electron chi connectivity index (χ0n) is 7.08. The second kappa shape index (κ2) is 2.97. The summed E-state index contributed by atoms with van der Waals surface area (Å²) in [7, 11) is 0. The van der Waals surface area contributed by atoms with Crippen molar-refractivity contribution in [2.75, 3.05) is 0 Å². The van der Waals surface area contributed by atoms with Gasteiger partial charge < -0.3 is 0 Å². The number of rotatable bonds is 1. The smallest absolute Gasteiger partial charge is 0.126 e. The Balaban J connectivity index is 2.49. The van der Waals surface area contributed by atoms with E-state index in [1.54, 1.807) is 19.2 Å². The summed E-state index contributed by atoms with van der Waals surface area (Å²) in [5.74, 6) is -0.222. The SMILES string of the molecule is Cc1ccc(-c2c[nH]nn2)cc1F. The second-order valence-electron chi connectivity index (χ2n) is 2.82. The van der Waals surface area contributed by atoms with Gasteiger partial charge in [-0.15, -0.1) is 5.10 Å². The summed E-state index contributed by atoms with van der Waals surface area (Å²) < 4.78 is 13.1. The van der Waals surface area contributed by atoms with E-state index in [2.05, 4.69) is 15.4 Å². The summed E-state index contributed by atoms with van der Waals surface area (Å²) in [6.07, 6.45) is 1.63. The first kappa shape index (κ1) is 7.91. The van der Waals surface area contributed by atoms with Crippen LogP contribution in [-0.2, 0) is 0 Å². The number of benzene rings is 1. The molecule has 0 radical (unpaired) electrons. The van der Waals surface area contributed by atoms with Gasteiger partial charge in [-0.25, -0.2) is 4.39 Å². The van der Waals surface area contributed by atoms with E-state index >= 15 is 0 Å². The van der Waals surface area contributed by atoms with E-state index in [0.29, 0.717) is 11.3 Å². The molecule has 1 N–H and O–H groups in total. The molecule has 0 aliphatic rings. The highest BCUT2D eigenvalue weighted by Gasteiger charge is 2.03. The third-order valence-electron chi connectivity index (χ3n) is 1.88. The fourth-order valence-electron chi connectivity index (χ4n) is 1.09. The van der Waals surface area contributed by atoms with Gasteiger partial charge in [0.05, 0.1) is 0 Å². The van der Waals surface area contributed by atoms with Crippen molar-refractivity contribution in [3.05, 3.63) is 35.8 Å². The third-order valence-corrected chi connectivity index (χ3v) is 1.88. The molecule has 0 fully saturated rings. The predicted octanol–water partition coefficient (Wildman–Crippen LogP) is 1.92. The first-order valence-corrected chi connectivity index (χ1v) is 3.90. The van der Waals surface area contributed by atoms with Gasteiger partial charge in [-0.2, -0.15) is 0 Å². The number of nitrogens with one attached hydrogen (secondary N) is 1. The fraction of sp³-hybridized carbons (Fsp3) is 0.111. The van der Waals surface area contributed by atoms with E-state index < -0.39 is 0 Å². The number of H-pyrrole nitrogens is 1. The minimum absolute atomic E-state index is 0.222. The highest BCUT2D eigenvalue weighted by molar-refractivity contribution is 5.57. The van der Waals surface area contributed by atoms with Crippen LogP contribution >= 0.6 is 0 Å². The van der Waals surface area contributed by atoms with Crippen molar-refractivity contribution >= 4 is 0 Å². The normalized spacial score (nSPS) is 10.3. The summed E-state index contributed by atoms with van der Waals surface area (Å²) in [5, 5.41) is 9.92. The van der Waals surface area contributed by atoms with Gasteiger partial charge in [0.25, 0.3) is 0 Å². The van der Waals surface area contributed by atoms with Crippen LogP contribution in [0.3, 0.4) is 0 Å². The maximum absolute atomic E-state index is 13.1. The van der Waals surface area contributed by atoms with Crippen molar-refractivity contribution in [1.29, 1.82) is 0 Å². The van der Waals surface area contributed by atoms with Crippen molar-refractivity contribution in [3.8, 4) is 11.3 Å². The van der Waals surface area contributed by atoms with Crippen LogP contribution in [0.1, 0.15) is 5.56 Å². The maximum atomic E-state index is 13.1. The lowest BCUT2D eigenvalue weighted by Crippen LogP contribution is -1.84. The van der Waals surface area contributed by atoms with Crippen molar-refractivity contribution in [3.63, 3.8) is 0 Å². The van der Waals surface area contributed by atoms with E-state index in [9.17, 15) is 4.39 Å². The Bertz CT molecular complexity index is 409. The molecular weight excluding hydrogens is 169 g/mol. The van der Waals surface area contributed by atoms with Crippen LogP contribution in [0.2, 0.25) is 0 Å². The zero-order valence-corrected chi connectivity index (χ0v) is 7.08. The van der Waals surface area contributed by atoms with E-state index in [-0.39, 0.29) is 5.82 Å². The van der Waals surface area contributed by atoms with Gasteiger partial charge in [0.2, 0.25) is 0 Å². The average molecular weight is 177 g/mol. The summed E-state index contributed by atoms with van der Waals surface area (Å²) in [6.45, 7) is 1.72. The van der Waals surface area contributed by atoms with Crippen LogP contribution in [0.25, 0.3) is 11.3 Å². The first-order valence-electron chi connectivity index (χ1n) is 3.90. The number of halogens is 1. The molecule has 1 heterocycles. The van der Waals surface area contributed by atoms with Crippen LogP contribution in [0.4, 0.5) is 4.39 Å². The molecule has 0 aliphatic carbocycles. The Morgan fingerprint density at radius 2 is 2.23 bits per heavy atom. The Kier molecular flexibility index (Phi) is 1.81. The molecule has 0 unspecified atom stereocenters. The molecule has 2 rings (SSSR count). The van der Waals surface area contributed by atoms with Crippen molar-refractivity contribution in [2.45, 2.75) is 6.92 Å². The van der Waals surface area contributed by atoms with Gasteiger partial charge in [0, 0.05) is 11.8 Å². The molecule has 0 saturated carbocycles. The monoisotopic (exact) mass is 177 g/mol. The molecule has 0 amide bonds. The van der Waals surface area contributed by atoms with Crippen LogP contribution in [-0.4, -0.2) is 15.4 Å². The number of aryl methyl sites for hydroxylation is 1. The van der Waals surface area contributed by atoms with E-state index in [1.807, 2.05) is 6.07 Å². The lowest BCUT2D eigenvalue weighted by atomic mass is 10.1. The van der Waals surface area contributed by atoms with Crippen LogP contribution < -0.4 is 0 Å². The lowest BCUT2D eigenvalue weighted by molar-refractivity contribution is 0.619. The maximum Gasteiger partial charge on any atom is 0.126 e. The van der Waals surface area contributed by atoms with Gasteiger partial charge in [0.15, 0.2) is 0 Å². The van der Waals surface area contributed by atoms with Crippen molar-refractivity contribution < 1.29 is 4.39 Å². The summed E-state index contributed by atoms with van der Waals surface area (Å²) in [4.78, 5) is 0. The lowest BCUT2D eigenvalue weighted by Gasteiger charge is -1.98. The molecule has 0 bridgehead atoms. The molecule has 3 nitrogen and oxygen atoms in total. The van der Waals surface area contributed by atoms with Crippen molar-refractivity contribution in [2.24, 2.45) is 0 Å². The Morgan fingerprint density at radius 3 is 2.85 bits per heavy atom. The molecule has 2 aromatic rings. The minimum Gasteiger partial charge on any atom is -0.265 e. The van der Waals surface area contributed by atoms with Gasteiger partial charge in [-0.3, -0.25) is 5.10 Å². The third kappa shape index (κ3) is 1.42. The van der Waals surface area contributed by atoms with Crippen LogP contribution in [0.15, 0.2) is 24.4 Å². The van der Waals surface area contributed by atoms with Gasteiger partial charge >= 0.3 is 0 Å². The number of nitrogens with zero attached hydrogens (tertiary/aromatic N) is 2. The molecule has 66 valence electrons. The Morgan fingerprint density at radius 1 is 1.38 bits per heavy atom. The minimum atomic E-state index is -0.222. The van der Waals surface area contributed by atoms with Crippen LogP contribution in [0.5, 0.6) is 0 Å². The largest absolute Gasteiger partial charge is 0.265 e. The first-order chi connectivity index (χ1) is 6.27. The fourth-order valence-corrected chi connectivity index (χ4v) is 1.09. The molecule has 13 heavy (non-hydrogen) atoms. The van der Waals surface area contributed by atoms with Gasteiger partial charge in [-0.1, -0.05) is 17.3 Å². The topological polar surface area (TPSA) is 41.6 Å². The second-order valence-corrected chi connectivity index (χ2v) is 2.82. The summed E-state index contributed by atoms with van der Waals surface area (Å²) in [5.41, 5.74) is 2.02. The molecule has 1 aromatic carbocycles. The predicted molar refractivity (Wildman–Crippen MR) is 46.5 cm³/mol. The molecular formula is C9H8FN3. The number of hydrogen-bond donors (Lipinski definition) is 1. The van der Waals surface area contributed by atoms with Gasteiger partial charge in [0.1, 0.15) is 11.5 Å². The number of aromatic nitrogens is 3. The van der Waals surface area contributed by atoms with E-state index in [4.69, 9.17) is 0 Å². The van der Waals surface area contributed by atoms with E-state index in [1.165, 1.54) is 6.07 Å². The summed E-state index contributed by atoms with van der Waals surface area (Å²) in [6, 6.07) is 4.99. The number of hydrogen-bond acceptors (Lipinski definition) is 2. The molecule has 0 atom stereocenters. The molecule has 0 spiro atoms. The van der Waals surface area contributed by atoms with Crippen molar-refractivity contribution in [1.82, 2.24) is 15.4 Å². The Hall–Kier alpha value is -1.71. The molecule has 0 aliphatic heterocycles. The standard InChI is InChI=1S/C9H8FN3/c1-6-2-3-7(4-8(6)10)9-5-11-13-12-9/h2-5H,1H3,(H,11,12,13). The average Bonchev–Trinajstić information content (AvgIpc) is 2.62. The molecule has 0 saturated heterocycles. The molecule has 1 aromatic heterocycles.